The van der Waals surface area contributed by atoms with Crippen LogP contribution in [0.2, 0.25) is 0 Å². The Balaban J connectivity index is 1.76. The van der Waals surface area contributed by atoms with Crippen LogP contribution >= 0.6 is 15.9 Å². The molecule has 0 amide bonds. The maximum atomic E-state index is 14.1. The molecule has 23 heavy (non-hydrogen) atoms. The van der Waals surface area contributed by atoms with Crippen molar-refractivity contribution < 1.29 is 8.78 Å². The molecule has 1 fully saturated rings. The first-order chi connectivity index (χ1) is 11.1. The Labute approximate surface area is 139 Å². The molecule has 1 aliphatic rings. The first-order valence-electron chi connectivity index (χ1n) is 7.21. The first-order valence-corrected chi connectivity index (χ1v) is 8.00. The molecule has 4 rings (SSSR count). The summed E-state index contributed by atoms with van der Waals surface area (Å²) in [7, 11) is 0. The zero-order chi connectivity index (χ0) is 16.0. The molecule has 1 aromatic carbocycles. The van der Waals surface area contributed by atoms with Gasteiger partial charge in [0.1, 0.15) is 18.0 Å². The molecule has 8 heteroatoms. The van der Waals surface area contributed by atoms with Crippen LogP contribution in [0, 0.1) is 11.6 Å². The first kappa shape index (κ1) is 14.5. The Bertz CT molecular complexity index is 881. The van der Waals surface area contributed by atoms with Gasteiger partial charge in [0.2, 0.25) is 5.95 Å². The Hall–Kier alpha value is -2.09. The molecular weight excluding hydrogens is 368 g/mol. The van der Waals surface area contributed by atoms with Gasteiger partial charge < -0.3 is 4.90 Å². The van der Waals surface area contributed by atoms with Gasteiger partial charge in [-0.3, -0.25) is 0 Å². The average molecular weight is 380 g/mol. The Morgan fingerprint density at radius 2 is 2.13 bits per heavy atom. The summed E-state index contributed by atoms with van der Waals surface area (Å²) in [6.07, 6.45) is 4.81. The zero-order valence-electron chi connectivity index (χ0n) is 12.0. The average Bonchev–Trinajstić information content (AvgIpc) is 3.17. The normalized spacial score (nSPS) is 18.0. The summed E-state index contributed by atoms with van der Waals surface area (Å²) < 4.78 is 30.0. The molecule has 0 N–H and O–H groups in total. The van der Waals surface area contributed by atoms with E-state index in [-0.39, 0.29) is 6.04 Å². The summed E-state index contributed by atoms with van der Waals surface area (Å²) in [5.74, 6) is -0.358. The minimum atomic E-state index is -0.442. The third-order valence-electron chi connectivity index (χ3n) is 4.04. The second kappa shape index (κ2) is 5.52. The van der Waals surface area contributed by atoms with E-state index in [2.05, 4.69) is 31.0 Å². The largest absolute Gasteiger partial charge is 0.334 e. The zero-order valence-corrected chi connectivity index (χ0v) is 13.5. The predicted octanol–water partition coefficient (Wildman–Crippen LogP) is 3.51. The molecule has 1 saturated heterocycles. The Kier molecular flexibility index (Phi) is 3.48. The molecule has 0 saturated carbocycles. The van der Waals surface area contributed by atoms with Crippen LogP contribution in [-0.4, -0.2) is 26.1 Å². The van der Waals surface area contributed by atoms with Crippen molar-refractivity contribution in [1.82, 2.24) is 19.6 Å². The molecule has 0 bridgehead atoms. The highest BCUT2D eigenvalue weighted by Gasteiger charge is 2.30. The number of halogens is 3. The van der Waals surface area contributed by atoms with Crippen molar-refractivity contribution in [2.24, 2.45) is 0 Å². The minimum absolute atomic E-state index is 0.269. The van der Waals surface area contributed by atoms with Gasteiger partial charge in [0.25, 0.3) is 0 Å². The Morgan fingerprint density at radius 1 is 1.26 bits per heavy atom. The van der Waals surface area contributed by atoms with Gasteiger partial charge in [-0.25, -0.2) is 18.3 Å². The molecule has 1 aliphatic heterocycles. The molecule has 118 valence electrons. The van der Waals surface area contributed by atoms with Crippen molar-refractivity contribution in [3.63, 3.8) is 0 Å². The molecule has 2 aromatic heterocycles. The lowest BCUT2D eigenvalue weighted by Crippen LogP contribution is -2.25. The van der Waals surface area contributed by atoms with Crippen molar-refractivity contribution in [3.05, 3.63) is 52.4 Å². The summed E-state index contributed by atoms with van der Waals surface area (Å²) >= 11 is 3.39. The second-order valence-corrected chi connectivity index (χ2v) is 6.29. The predicted molar refractivity (Wildman–Crippen MR) is 84.2 cm³/mol. The summed E-state index contributed by atoms with van der Waals surface area (Å²) in [5.41, 5.74) is 0.985. The maximum Gasteiger partial charge on any atom is 0.229 e. The van der Waals surface area contributed by atoms with Gasteiger partial charge in [0, 0.05) is 12.1 Å². The smallest absolute Gasteiger partial charge is 0.229 e. The number of benzene rings is 1. The fourth-order valence-corrected chi connectivity index (χ4v) is 3.35. The topological polar surface area (TPSA) is 46.3 Å². The third-order valence-corrected chi connectivity index (χ3v) is 4.60. The number of rotatable bonds is 2. The van der Waals surface area contributed by atoms with Crippen LogP contribution in [0.25, 0.3) is 5.65 Å². The molecule has 1 atom stereocenters. The van der Waals surface area contributed by atoms with Crippen LogP contribution in [-0.2, 0) is 0 Å². The van der Waals surface area contributed by atoms with Gasteiger partial charge >= 0.3 is 0 Å². The quantitative estimate of drug-likeness (QED) is 0.683. The lowest BCUT2D eigenvalue weighted by Gasteiger charge is -2.25. The van der Waals surface area contributed by atoms with Crippen molar-refractivity contribution in [3.8, 4) is 0 Å². The maximum absolute atomic E-state index is 14.1. The van der Waals surface area contributed by atoms with Crippen molar-refractivity contribution in [1.29, 1.82) is 0 Å². The number of anilines is 1. The molecular formula is C15H12BrF2N5. The van der Waals surface area contributed by atoms with Gasteiger partial charge in [-0.2, -0.15) is 10.1 Å². The van der Waals surface area contributed by atoms with Gasteiger partial charge in [0.15, 0.2) is 5.65 Å². The van der Waals surface area contributed by atoms with E-state index in [1.54, 1.807) is 17.0 Å². The van der Waals surface area contributed by atoms with Crippen molar-refractivity contribution in [2.45, 2.75) is 18.9 Å². The van der Waals surface area contributed by atoms with Gasteiger partial charge in [0.05, 0.1) is 16.7 Å². The lowest BCUT2D eigenvalue weighted by atomic mass is 10.0. The fourth-order valence-electron chi connectivity index (χ4n) is 2.99. The number of fused-ring (bicyclic) bond motifs is 1. The number of nitrogens with zero attached hydrogens (tertiary/aromatic N) is 5. The summed E-state index contributed by atoms with van der Waals surface area (Å²) in [6, 6.07) is 3.28. The van der Waals surface area contributed by atoms with Crippen molar-refractivity contribution >= 4 is 27.5 Å². The molecule has 3 heterocycles. The van der Waals surface area contributed by atoms with Crippen LogP contribution in [0.3, 0.4) is 0 Å². The number of hydrogen-bond donors (Lipinski definition) is 0. The van der Waals surface area contributed by atoms with Crippen LogP contribution < -0.4 is 4.90 Å². The number of aromatic nitrogens is 4. The molecule has 5 nitrogen and oxygen atoms in total. The third kappa shape index (κ3) is 2.46. The molecule has 0 spiro atoms. The highest BCUT2D eigenvalue weighted by atomic mass is 79.9. The van der Waals surface area contributed by atoms with E-state index in [4.69, 9.17) is 0 Å². The van der Waals surface area contributed by atoms with Gasteiger partial charge in [-0.05, 0) is 47.0 Å². The highest BCUT2D eigenvalue weighted by molar-refractivity contribution is 9.10. The van der Waals surface area contributed by atoms with Gasteiger partial charge in [-0.1, -0.05) is 0 Å². The van der Waals surface area contributed by atoms with Gasteiger partial charge in [-0.15, -0.1) is 0 Å². The van der Waals surface area contributed by atoms with E-state index < -0.39 is 11.6 Å². The molecule has 0 aliphatic carbocycles. The Morgan fingerprint density at radius 3 is 3.00 bits per heavy atom. The fraction of sp³-hybridized carbons (Fsp3) is 0.267. The molecule has 3 aromatic rings. The highest BCUT2D eigenvalue weighted by Crippen LogP contribution is 2.36. The van der Waals surface area contributed by atoms with Crippen LogP contribution in [0.4, 0.5) is 14.7 Å². The molecule has 0 radical (unpaired) electrons. The van der Waals surface area contributed by atoms with E-state index in [1.807, 2.05) is 4.90 Å². The summed E-state index contributed by atoms with van der Waals surface area (Å²) in [4.78, 5) is 10.7. The standard InChI is InChI=1S/C15H12BrF2N5/c16-11-7-20-23-8-19-15(21-14(11)23)22-5-1-2-13(22)10-6-9(17)3-4-12(10)18/h3-4,6-8,13H,1-2,5H2. The monoisotopic (exact) mass is 379 g/mol. The number of hydrogen-bond acceptors (Lipinski definition) is 4. The van der Waals surface area contributed by atoms with E-state index in [9.17, 15) is 8.78 Å². The van der Waals surface area contributed by atoms with E-state index >= 15 is 0 Å². The summed E-state index contributed by atoms with van der Waals surface area (Å²) in [6.45, 7) is 0.697. The van der Waals surface area contributed by atoms with Crippen molar-refractivity contribution in [2.75, 3.05) is 11.4 Å². The van der Waals surface area contributed by atoms with Crippen LogP contribution in [0.5, 0.6) is 0 Å². The van der Waals surface area contributed by atoms with Crippen LogP contribution in [0.15, 0.2) is 35.2 Å². The van der Waals surface area contributed by atoms with E-state index in [0.29, 0.717) is 23.7 Å². The van der Waals surface area contributed by atoms with E-state index in [1.165, 1.54) is 12.1 Å². The SMILES string of the molecule is Fc1ccc(F)c(C2CCCN2c2ncn3ncc(Br)c3n2)c1. The lowest BCUT2D eigenvalue weighted by molar-refractivity contribution is 0.559. The second-order valence-electron chi connectivity index (χ2n) is 5.43. The van der Waals surface area contributed by atoms with Crippen LogP contribution in [0.1, 0.15) is 24.4 Å². The molecule has 1 unspecified atom stereocenters. The van der Waals surface area contributed by atoms with E-state index in [0.717, 1.165) is 23.4 Å². The summed E-state index contributed by atoms with van der Waals surface area (Å²) in [5, 5.41) is 4.11. The minimum Gasteiger partial charge on any atom is -0.334 e.